The Kier molecular flexibility index (Phi) is 5.29. The summed E-state index contributed by atoms with van der Waals surface area (Å²) >= 11 is 1.53. The second kappa shape index (κ2) is 8.24. The molecule has 0 spiro atoms. The van der Waals surface area contributed by atoms with E-state index in [1.807, 2.05) is 40.7 Å². The maximum absolute atomic E-state index is 13.3. The number of hydrogen-bond donors (Lipinski definition) is 1. The number of anilines is 1. The Hall–Kier alpha value is -3.04. The molecule has 1 unspecified atom stereocenters. The normalized spacial score (nSPS) is 16.5. The fraction of sp³-hybridized carbons (Fsp3) is 0.364. The molecule has 8 nitrogen and oxygen atoms in total. The Bertz CT molecular complexity index is 1260. The molecule has 4 aromatic heterocycles. The first-order valence-corrected chi connectivity index (χ1v) is 11.5. The van der Waals surface area contributed by atoms with Crippen LogP contribution in [0.4, 0.5) is 5.82 Å². The van der Waals surface area contributed by atoms with Gasteiger partial charge in [-0.1, -0.05) is 0 Å². The van der Waals surface area contributed by atoms with Gasteiger partial charge in [-0.2, -0.15) is 0 Å². The van der Waals surface area contributed by atoms with Gasteiger partial charge in [0, 0.05) is 67.8 Å². The second-order valence-electron chi connectivity index (χ2n) is 7.83. The van der Waals surface area contributed by atoms with Gasteiger partial charge in [-0.05, 0) is 31.9 Å². The van der Waals surface area contributed by atoms with Crippen molar-refractivity contribution in [2.24, 2.45) is 5.73 Å². The van der Waals surface area contributed by atoms with Crippen LogP contribution < -0.4 is 16.1 Å². The quantitative estimate of drug-likeness (QED) is 0.500. The highest BCUT2D eigenvalue weighted by molar-refractivity contribution is 7.12. The van der Waals surface area contributed by atoms with Crippen LogP contribution in [0, 0.1) is 0 Å². The highest BCUT2D eigenvalue weighted by Gasteiger charge is 2.22. The Morgan fingerprint density at radius 2 is 2.13 bits per heavy atom. The van der Waals surface area contributed by atoms with Gasteiger partial charge in [0.2, 0.25) is 0 Å². The molecule has 9 heteroatoms. The van der Waals surface area contributed by atoms with Gasteiger partial charge in [-0.25, -0.2) is 15.0 Å². The number of nitrogens with two attached hydrogens (primary N) is 1. The van der Waals surface area contributed by atoms with Gasteiger partial charge in [0.05, 0.1) is 5.39 Å². The molecule has 160 valence electrons. The summed E-state index contributed by atoms with van der Waals surface area (Å²) in [6.45, 7) is 4.61. The fourth-order valence-electron chi connectivity index (χ4n) is 4.18. The lowest BCUT2D eigenvalue weighted by atomic mass is 10.1. The molecule has 0 aliphatic carbocycles. The molecule has 5 rings (SSSR count). The zero-order valence-corrected chi connectivity index (χ0v) is 18.3. The summed E-state index contributed by atoms with van der Waals surface area (Å²) in [4.78, 5) is 29.3. The van der Waals surface area contributed by atoms with Gasteiger partial charge < -0.3 is 15.2 Å². The van der Waals surface area contributed by atoms with E-state index in [0.717, 1.165) is 48.4 Å². The molecule has 31 heavy (non-hydrogen) atoms. The van der Waals surface area contributed by atoms with E-state index < -0.39 is 0 Å². The third-order valence-corrected chi connectivity index (χ3v) is 6.61. The monoisotopic (exact) mass is 435 g/mol. The number of aryl methyl sites for hydroxylation is 3. The predicted molar refractivity (Wildman–Crippen MR) is 123 cm³/mol. The summed E-state index contributed by atoms with van der Waals surface area (Å²) in [5.41, 5.74) is 7.48. The molecule has 0 bridgehead atoms. The summed E-state index contributed by atoms with van der Waals surface area (Å²) in [5.74, 6) is 1.84. The SMILES string of the molecule is CCn1ccnc1CCc1cn(-c2nccs2)c2nc(N3CCC(N)C3)ccc2c1=O. The first-order chi connectivity index (χ1) is 15.1. The summed E-state index contributed by atoms with van der Waals surface area (Å²) in [5, 5.41) is 3.34. The van der Waals surface area contributed by atoms with Crippen LogP contribution in [-0.4, -0.2) is 43.2 Å². The Morgan fingerprint density at radius 3 is 2.87 bits per heavy atom. The summed E-state index contributed by atoms with van der Waals surface area (Å²) in [7, 11) is 0. The highest BCUT2D eigenvalue weighted by Crippen LogP contribution is 2.23. The van der Waals surface area contributed by atoms with E-state index in [2.05, 4.69) is 26.4 Å². The number of rotatable bonds is 6. The molecule has 1 saturated heterocycles. The highest BCUT2D eigenvalue weighted by atomic mass is 32.1. The molecule has 0 aromatic carbocycles. The number of aromatic nitrogens is 5. The van der Waals surface area contributed by atoms with E-state index in [1.165, 1.54) is 11.3 Å². The Labute approximate surface area is 184 Å². The van der Waals surface area contributed by atoms with Crippen LogP contribution in [0.1, 0.15) is 24.7 Å². The molecular formula is C22H25N7OS. The zero-order chi connectivity index (χ0) is 21.4. The van der Waals surface area contributed by atoms with Gasteiger partial charge in [0.1, 0.15) is 11.6 Å². The summed E-state index contributed by atoms with van der Waals surface area (Å²) < 4.78 is 4.05. The van der Waals surface area contributed by atoms with Gasteiger partial charge >= 0.3 is 0 Å². The number of nitrogens with zero attached hydrogens (tertiary/aromatic N) is 6. The molecule has 1 aliphatic heterocycles. The third kappa shape index (κ3) is 3.75. The van der Waals surface area contributed by atoms with E-state index >= 15 is 0 Å². The average Bonchev–Trinajstić information content (AvgIpc) is 3.55. The van der Waals surface area contributed by atoms with Crippen LogP contribution in [0.5, 0.6) is 0 Å². The zero-order valence-electron chi connectivity index (χ0n) is 17.4. The third-order valence-electron chi connectivity index (χ3n) is 5.84. The molecule has 1 fully saturated rings. The molecular weight excluding hydrogens is 410 g/mol. The summed E-state index contributed by atoms with van der Waals surface area (Å²) in [6.07, 6.45) is 9.71. The maximum Gasteiger partial charge on any atom is 0.195 e. The minimum Gasteiger partial charge on any atom is -0.355 e. The number of pyridine rings is 2. The van der Waals surface area contributed by atoms with E-state index in [1.54, 1.807) is 6.20 Å². The molecule has 1 aliphatic rings. The Morgan fingerprint density at radius 1 is 1.23 bits per heavy atom. The topological polar surface area (TPSA) is 94.9 Å². The van der Waals surface area contributed by atoms with Crippen molar-refractivity contribution in [3.05, 3.63) is 63.9 Å². The Balaban J connectivity index is 1.58. The van der Waals surface area contributed by atoms with E-state index in [4.69, 9.17) is 10.7 Å². The van der Waals surface area contributed by atoms with Crippen molar-refractivity contribution in [3.8, 4) is 5.13 Å². The van der Waals surface area contributed by atoms with Crippen molar-refractivity contribution < 1.29 is 0 Å². The van der Waals surface area contributed by atoms with Crippen LogP contribution in [0.25, 0.3) is 16.2 Å². The predicted octanol–water partition coefficient (Wildman–Crippen LogP) is 2.38. The van der Waals surface area contributed by atoms with Crippen molar-refractivity contribution in [1.29, 1.82) is 0 Å². The molecule has 2 N–H and O–H groups in total. The van der Waals surface area contributed by atoms with Crippen LogP contribution >= 0.6 is 11.3 Å². The van der Waals surface area contributed by atoms with Gasteiger partial charge in [0.15, 0.2) is 16.2 Å². The van der Waals surface area contributed by atoms with Crippen LogP contribution in [0.3, 0.4) is 0 Å². The number of hydrogen-bond acceptors (Lipinski definition) is 7. The van der Waals surface area contributed by atoms with E-state index in [9.17, 15) is 4.79 Å². The second-order valence-corrected chi connectivity index (χ2v) is 8.71. The number of imidazole rings is 1. The number of thiazole rings is 1. The number of fused-ring (bicyclic) bond motifs is 1. The van der Waals surface area contributed by atoms with Crippen LogP contribution in [0.2, 0.25) is 0 Å². The first-order valence-electron chi connectivity index (χ1n) is 10.6. The van der Waals surface area contributed by atoms with Crippen LogP contribution in [-0.2, 0) is 19.4 Å². The standard InChI is InChI=1S/C22H25N7OS/c1-2-27-11-8-24-18(27)5-3-15-13-29(22-25-9-12-31-22)21-17(20(15)30)4-6-19(26-21)28-10-7-16(23)14-28/h4,6,8-9,11-13,16H,2-3,5,7,10,14,23H2,1H3. The largest absolute Gasteiger partial charge is 0.355 e. The summed E-state index contributed by atoms with van der Waals surface area (Å²) in [6, 6.07) is 3.99. The minimum atomic E-state index is 0.0228. The average molecular weight is 436 g/mol. The lowest BCUT2D eigenvalue weighted by Gasteiger charge is -2.18. The van der Waals surface area contributed by atoms with Crippen molar-refractivity contribution in [3.63, 3.8) is 0 Å². The minimum absolute atomic E-state index is 0.0228. The van der Waals surface area contributed by atoms with Crippen molar-refractivity contribution >= 4 is 28.2 Å². The van der Waals surface area contributed by atoms with Crippen LogP contribution in [0.15, 0.2) is 47.1 Å². The van der Waals surface area contributed by atoms with Gasteiger partial charge in [0.25, 0.3) is 0 Å². The van der Waals surface area contributed by atoms with Gasteiger partial charge in [-0.15, -0.1) is 11.3 Å². The molecule has 5 heterocycles. The first kappa shape index (κ1) is 19.9. The van der Waals surface area contributed by atoms with Crippen molar-refractivity contribution in [2.45, 2.75) is 38.8 Å². The lowest BCUT2D eigenvalue weighted by Crippen LogP contribution is -2.27. The van der Waals surface area contributed by atoms with Crippen molar-refractivity contribution in [1.82, 2.24) is 24.1 Å². The smallest absolute Gasteiger partial charge is 0.195 e. The molecule has 0 saturated carbocycles. The molecule has 1 atom stereocenters. The molecule has 4 aromatic rings. The molecule has 0 amide bonds. The fourth-order valence-corrected chi connectivity index (χ4v) is 4.80. The van der Waals surface area contributed by atoms with Gasteiger partial charge in [-0.3, -0.25) is 9.36 Å². The maximum atomic E-state index is 13.3. The molecule has 0 radical (unpaired) electrons. The van der Waals surface area contributed by atoms with E-state index in [-0.39, 0.29) is 11.5 Å². The lowest BCUT2D eigenvalue weighted by molar-refractivity contribution is 0.687. The van der Waals surface area contributed by atoms with E-state index in [0.29, 0.717) is 23.9 Å². The van der Waals surface area contributed by atoms with Crippen molar-refractivity contribution in [2.75, 3.05) is 18.0 Å².